The zero-order valence-corrected chi connectivity index (χ0v) is 34.3. The van der Waals surface area contributed by atoms with Crippen LogP contribution >= 0.6 is 11.6 Å². The Hall–Kier alpha value is -5.48. The molecular formula is C43H45ClN6O8S. The Balaban J connectivity index is 1.04. The van der Waals surface area contributed by atoms with Gasteiger partial charge >= 0.3 is 0 Å². The van der Waals surface area contributed by atoms with Gasteiger partial charge in [-0.05, 0) is 78.6 Å². The van der Waals surface area contributed by atoms with Crippen molar-refractivity contribution in [1.82, 2.24) is 19.6 Å². The first-order valence-corrected chi connectivity index (χ1v) is 21.4. The van der Waals surface area contributed by atoms with Crippen LogP contribution in [0.2, 0.25) is 5.02 Å². The van der Waals surface area contributed by atoms with E-state index in [1.165, 1.54) is 29.0 Å². The van der Waals surface area contributed by atoms with Gasteiger partial charge < -0.3 is 24.5 Å². The van der Waals surface area contributed by atoms with Crippen molar-refractivity contribution in [3.8, 4) is 17.2 Å². The van der Waals surface area contributed by atoms with Crippen LogP contribution < -0.4 is 19.1 Å². The molecule has 59 heavy (non-hydrogen) atoms. The zero-order chi connectivity index (χ0) is 41.5. The number of sulfonamides is 1. The van der Waals surface area contributed by atoms with Crippen molar-refractivity contribution >= 4 is 55.5 Å². The highest BCUT2D eigenvalue weighted by Crippen LogP contribution is 2.44. The predicted octanol–water partition coefficient (Wildman–Crippen LogP) is 7.36. The number of piperazine rings is 1. The number of benzene rings is 3. The summed E-state index contributed by atoms with van der Waals surface area (Å²) in [6, 6.07) is 18.8. The molecule has 1 saturated heterocycles. The van der Waals surface area contributed by atoms with Crippen LogP contribution in [-0.2, 0) is 16.4 Å². The van der Waals surface area contributed by atoms with Gasteiger partial charge in [-0.15, -0.1) is 0 Å². The van der Waals surface area contributed by atoms with Crippen molar-refractivity contribution in [2.45, 2.75) is 44.4 Å². The SMILES string of the molecule is CC1(C)CCC(CN2CCN(c3ccc(C(=O)NS(=O)(=O)c4cc5c(c([N+](=O)[O-])c4)C[C@@H](CO)CO5)c(Oc4cnc5[nH]ccc5c4)c3)CC2)=C(c2ccc(Cl)cc2)C1. The maximum absolute atomic E-state index is 13.9. The van der Waals surface area contributed by atoms with Gasteiger partial charge in [0, 0.05) is 85.7 Å². The molecule has 0 spiro atoms. The molecule has 0 bridgehead atoms. The van der Waals surface area contributed by atoms with Gasteiger partial charge in [0.15, 0.2) is 0 Å². The molecule has 0 unspecified atom stereocenters. The number of amides is 1. The second-order valence-electron chi connectivity index (χ2n) is 16.2. The van der Waals surface area contributed by atoms with Gasteiger partial charge in [0.1, 0.15) is 22.9 Å². The largest absolute Gasteiger partial charge is 0.493 e. The molecule has 308 valence electrons. The van der Waals surface area contributed by atoms with Crippen LogP contribution in [0.3, 0.4) is 0 Å². The van der Waals surface area contributed by atoms with E-state index < -0.39 is 31.4 Å². The fraction of sp³-hybridized carbons (Fsp3) is 0.349. The van der Waals surface area contributed by atoms with Crippen LogP contribution in [0.5, 0.6) is 17.2 Å². The molecule has 1 aliphatic carbocycles. The Morgan fingerprint density at radius 2 is 1.88 bits per heavy atom. The summed E-state index contributed by atoms with van der Waals surface area (Å²) in [7, 11) is -4.64. The molecule has 1 atom stereocenters. The highest BCUT2D eigenvalue weighted by atomic mass is 35.5. The van der Waals surface area contributed by atoms with Crippen LogP contribution in [0.15, 0.2) is 89.6 Å². The lowest BCUT2D eigenvalue weighted by molar-refractivity contribution is -0.386. The first kappa shape index (κ1) is 40.3. The maximum atomic E-state index is 13.9. The molecule has 2 aromatic heterocycles. The molecule has 0 saturated carbocycles. The molecule has 1 fully saturated rings. The van der Waals surface area contributed by atoms with Gasteiger partial charge in [-0.2, -0.15) is 0 Å². The molecule has 3 N–H and O–H groups in total. The van der Waals surface area contributed by atoms with E-state index in [0.717, 1.165) is 67.1 Å². The van der Waals surface area contributed by atoms with Gasteiger partial charge in [0.25, 0.3) is 21.6 Å². The van der Waals surface area contributed by atoms with E-state index in [1.807, 2.05) is 18.2 Å². The highest BCUT2D eigenvalue weighted by molar-refractivity contribution is 7.90. The average Bonchev–Trinajstić information content (AvgIpc) is 3.69. The van der Waals surface area contributed by atoms with E-state index in [9.17, 15) is 28.4 Å². The molecule has 3 aliphatic rings. The molecule has 2 aliphatic heterocycles. The van der Waals surface area contributed by atoms with Crippen LogP contribution in [0.4, 0.5) is 11.4 Å². The van der Waals surface area contributed by atoms with Gasteiger partial charge in [0.05, 0.1) is 33.7 Å². The zero-order valence-electron chi connectivity index (χ0n) is 32.7. The number of hydrogen-bond donors (Lipinski definition) is 3. The number of allylic oxidation sites excluding steroid dienone is 1. The quantitative estimate of drug-likeness (QED) is 0.0893. The summed E-state index contributed by atoms with van der Waals surface area (Å²) in [5, 5.41) is 23.1. The average molecular weight is 841 g/mol. The van der Waals surface area contributed by atoms with Gasteiger partial charge in [-0.3, -0.25) is 19.8 Å². The van der Waals surface area contributed by atoms with Crippen molar-refractivity contribution < 1.29 is 32.7 Å². The number of aromatic amines is 1. The number of fused-ring (bicyclic) bond motifs is 2. The van der Waals surface area contributed by atoms with Crippen LogP contribution in [0, 0.1) is 21.4 Å². The van der Waals surface area contributed by atoms with E-state index in [2.05, 4.69) is 50.5 Å². The van der Waals surface area contributed by atoms with Gasteiger partial charge in [-0.1, -0.05) is 43.2 Å². The van der Waals surface area contributed by atoms with E-state index in [-0.39, 0.29) is 53.6 Å². The van der Waals surface area contributed by atoms with Crippen molar-refractivity contribution in [2.75, 3.05) is 50.8 Å². The lowest BCUT2D eigenvalue weighted by Crippen LogP contribution is -2.47. The summed E-state index contributed by atoms with van der Waals surface area (Å²) >= 11 is 6.23. The van der Waals surface area contributed by atoms with E-state index in [0.29, 0.717) is 24.5 Å². The lowest BCUT2D eigenvalue weighted by Gasteiger charge is -2.39. The summed E-state index contributed by atoms with van der Waals surface area (Å²) in [5.41, 5.74) is 5.38. The second-order valence-corrected chi connectivity index (χ2v) is 18.4. The van der Waals surface area contributed by atoms with Crippen molar-refractivity contribution in [1.29, 1.82) is 0 Å². The molecular weight excluding hydrogens is 796 g/mol. The van der Waals surface area contributed by atoms with Crippen LogP contribution in [0.25, 0.3) is 16.6 Å². The number of aliphatic hydroxyl groups is 1. The summed E-state index contributed by atoms with van der Waals surface area (Å²) < 4.78 is 41.4. The predicted molar refractivity (Wildman–Crippen MR) is 225 cm³/mol. The molecule has 5 aromatic rings. The van der Waals surface area contributed by atoms with Crippen molar-refractivity contribution in [3.05, 3.63) is 117 Å². The summed E-state index contributed by atoms with van der Waals surface area (Å²) in [6.45, 7) is 8.38. The normalized spacial score (nSPS) is 18.3. The Kier molecular flexibility index (Phi) is 11.1. The van der Waals surface area contributed by atoms with Gasteiger partial charge in [0.2, 0.25) is 0 Å². The fourth-order valence-electron chi connectivity index (χ4n) is 8.15. The summed E-state index contributed by atoms with van der Waals surface area (Å²) in [5.74, 6) is -0.914. The number of aliphatic hydroxyl groups excluding tert-OH is 1. The Morgan fingerprint density at radius 1 is 1.10 bits per heavy atom. The summed E-state index contributed by atoms with van der Waals surface area (Å²) in [6.07, 6.45) is 6.57. The molecule has 4 heterocycles. The fourth-order valence-corrected chi connectivity index (χ4v) is 9.27. The molecule has 14 nitrogen and oxygen atoms in total. The minimum atomic E-state index is -4.64. The number of hydrogen-bond acceptors (Lipinski definition) is 11. The van der Waals surface area contributed by atoms with Crippen LogP contribution in [0.1, 0.15) is 54.6 Å². The topological polar surface area (TPSA) is 180 Å². The number of anilines is 1. The minimum absolute atomic E-state index is 0.0132. The summed E-state index contributed by atoms with van der Waals surface area (Å²) in [4.78, 5) is 36.8. The number of rotatable bonds is 11. The third kappa shape index (κ3) is 8.79. The second kappa shape index (κ2) is 16.3. The third-order valence-corrected chi connectivity index (χ3v) is 13.0. The number of nitro benzene ring substituents is 1. The number of carbonyl (C=O) groups excluding carboxylic acids is 1. The number of nitrogens with zero attached hydrogens (tertiary/aromatic N) is 4. The number of pyridine rings is 1. The first-order chi connectivity index (χ1) is 28.2. The Morgan fingerprint density at radius 3 is 2.63 bits per heavy atom. The standard InChI is InChI=1S/C43H45ClN6O8S/c1-43(2)11-9-30(37(22-43)28-3-5-31(44)6-4-28)24-48-13-15-49(16-14-48)32-7-8-35(40(19-32)58-33-18-29-10-12-45-41(29)46-23-33)42(52)47-59(55,56)34-20-38(50(53)54)36-17-27(25-51)26-57-39(36)21-34/h3-8,10,12,18-21,23,27,51H,9,11,13-17,22,24-26H2,1-2H3,(H,45,46)(H,47,52)/t27-/m0/s1. The Labute approximate surface area is 347 Å². The van der Waals surface area contributed by atoms with E-state index in [4.69, 9.17) is 21.1 Å². The monoisotopic (exact) mass is 840 g/mol. The van der Waals surface area contributed by atoms with Gasteiger partial charge in [-0.25, -0.2) is 18.1 Å². The van der Waals surface area contributed by atoms with Crippen LogP contribution in [-0.4, -0.2) is 85.2 Å². The minimum Gasteiger partial charge on any atom is -0.493 e. The van der Waals surface area contributed by atoms with E-state index >= 15 is 0 Å². The Bertz CT molecular complexity index is 2570. The third-order valence-electron chi connectivity index (χ3n) is 11.5. The van der Waals surface area contributed by atoms with Crippen molar-refractivity contribution in [3.63, 3.8) is 0 Å². The molecule has 1 amide bonds. The smallest absolute Gasteiger partial charge is 0.277 e. The maximum Gasteiger partial charge on any atom is 0.277 e. The molecule has 8 rings (SSSR count). The first-order valence-electron chi connectivity index (χ1n) is 19.6. The number of nitro groups is 1. The number of halogens is 1. The molecule has 3 aromatic carbocycles. The molecule has 16 heteroatoms. The lowest BCUT2D eigenvalue weighted by atomic mass is 9.72. The number of aromatic nitrogens is 2. The highest BCUT2D eigenvalue weighted by Gasteiger charge is 2.33. The molecule has 0 radical (unpaired) electrons. The number of H-pyrrole nitrogens is 1. The number of carbonyl (C=O) groups is 1. The number of nitrogens with one attached hydrogen (secondary N) is 2. The van der Waals surface area contributed by atoms with Crippen molar-refractivity contribution in [2.24, 2.45) is 11.3 Å². The van der Waals surface area contributed by atoms with E-state index in [1.54, 1.807) is 24.4 Å². The number of ether oxygens (including phenoxy) is 2.